The van der Waals surface area contributed by atoms with Crippen LogP contribution in [0.25, 0.3) is 0 Å². The molecule has 3 heterocycles. The standard InChI is InChI=1S/C17H25N3O/c21-17(7-5-11-19-9-2-1-3-10-19)20-13-16(14-20)15-6-4-8-18-12-15/h4,6,8,12,16H,1-3,5,7,9-11,13-14H2. The van der Waals surface area contributed by atoms with Gasteiger partial charge in [0.15, 0.2) is 0 Å². The van der Waals surface area contributed by atoms with Gasteiger partial charge in [0.05, 0.1) is 0 Å². The van der Waals surface area contributed by atoms with Crippen LogP contribution in [0, 0.1) is 0 Å². The van der Waals surface area contributed by atoms with E-state index in [-0.39, 0.29) is 0 Å². The Balaban J connectivity index is 1.34. The molecule has 0 aliphatic carbocycles. The average Bonchev–Trinajstić information content (AvgIpc) is 2.48. The Morgan fingerprint density at radius 2 is 2.05 bits per heavy atom. The normalized spacial score (nSPS) is 20.3. The number of nitrogens with zero attached hydrogens (tertiary/aromatic N) is 3. The predicted octanol–water partition coefficient (Wildman–Crippen LogP) is 2.27. The Hall–Kier alpha value is -1.42. The minimum Gasteiger partial charge on any atom is -0.341 e. The lowest BCUT2D eigenvalue weighted by atomic mass is 9.92. The monoisotopic (exact) mass is 287 g/mol. The van der Waals surface area contributed by atoms with E-state index in [1.54, 1.807) is 6.20 Å². The van der Waals surface area contributed by atoms with Gasteiger partial charge in [0.2, 0.25) is 5.91 Å². The van der Waals surface area contributed by atoms with Gasteiger partial charge in [0.1, 0.15) is 0 Å². The summed E-state index contributed by atoms with van der Waals surface area (Å²) in [6.07, 6.45) is 9.45. The Morgan fingerprint density at radius 3 is 2.76 bits per heavy atom. The highest BCUT2D eigenvalue weighted by Gasteiger charge is 2.31. The highest BCUT2D eigenvalue weighted by molar-refractivity contribution is 5.77. The molecule has 0 spiro atoms. The van der Waals surface area contributed by atoms with E-state index in [1.165, 1.54) is 37.9 Å². The van der Waals surface area contributed by atoms with E-state index < -0.39 is 0 Å². The topological polar surface area (TPSA) is 36.4 Å². The molecule has 0 bridgehead atoms. The summed E-state index contributed by atoms with van der Waals surface area (Å²) >= 11 is 0. The summed E-state index contributed by atoms with van der Waals surface area (Å²) in [5, 5.41) is 0. The molecule has 1 amide bonds. The maximum atomic E-state index is 12.1. The molecule has 21 heavy (non-hydrogen) atoms. The van der Waals surface area contributed by atoms with Crippen LogP contribution in [0.3, 0.4) is 0 Å². The van der Waals surface area contributed by atoms with Gasteiger partial charge < -0.3 is 9.80 Å². The SMILES string of the molecule is O=C(CCCN1CCCCC1)N1CC(c2cccnc2)C1. The lowest BCUT2D eigenvalue weighted by Gasteiger charge is -2.39. The van der Waals surface area contributed by atoms with E-state index in [0.29, 0.717) is 18.2 Å². The molecular weight excluding hydrogens is 262 g/mol. The van der Waals surface area contributed by atoms with Crippen molar-refractivity contribution in [2.75, 3.05) is 32.7 Å². The van der Waals surface area contributed by atoms with Crippen LogP contribution in [0.15, 0.2) is 24.5 Å². The maximum absolute atomic E-state index is 12.1. The first-order valence-electron chi connectivity index (χ1n) is 8.23. The van der Waals surface area contributed by atoms with Crippen molar-refractivity contribution in [1.82, 2.24) is 14.8 Å². The minimum absolute atomic E-state index is 0.326. The van der Waals surface area contributed by atoms with E-state index in [9.17, 15) is 4.79 Å². The second kappa shape index (κ2) is 7.03. The summed E-state index contributed by atoms with van der Waals surface area (Å²) in [6.45, 7) is 5.27. The minimum atomic E-state index is 0.326. The van der Waals surface area contributed by atoms with Crippen molar-refractivity contribution in [3.05, 3.63) is 30.1 Å². The van der Waals surface area contributed by atoms with E-state index in [2.05, 4.69) is 16.0 Å². The number of rotatable bonds is 5. The Labute approximate surface area is 127 Å². The zero-order chi connectivity index (χ0) is 14.5. The number of carbonyl (C=O) groups excluding carboxylic acids is 1. The van der Waals surface area contributed by atoms with Crippen molar-refractivity contribution in [1.29, 1.82) is 0 Å². The van der Waals surface area contributed by atoms with Crippen LogP contribution < -0.4 is 0 Å². The smallest absolute Gasteiger partial charge is 0.222 e. The summed E-state index contributed by atoms with van der Waals surface area (Å²) in [7, 11) is 0. The molecule has 0 atom stereocenters. The lowest BCUT2D eigenvalue weighted by molar-refractivity contribution is -0.135. The molecule has 0 saturated carbocycles. The Kier molecular flexibility index (Phi) is 4.86. The number of amides is 1. The van der Waals surface area contributed by atoms with Crippen molar-refractivity contribution >= 4 is 5.91 Å². The van der Waals surface area contributed by atoms with Gasteiger partial charge in [-0.15, -0.1) is 0 Å². The number of hydrogen-bond donors (Lipinski definition) is 0. The molecule has 2 aliphatic rings. The predicted molar refractivity (Wildman–Crippen MR) is 83.1 cm³/mol. The first-order valence-corrected chi connectivity index (χ1v) is 8.23. The number of aromatic nitrogens is 1. The second-order valence-electron chi connectivity index (χ2n) is 6.29. The summed E-state index contributed by atoms with van der Waals surface area (Å²) in [5.74, 6) is 0.817. The van der Waals surface area contributed by atoms with Gasteiger partial charge in [-0.3, -0.25) is 9.78 Å². The van der Waals surface area contributed by atoms with Gasteiger partial charge in [-0.1, -0.05) is 12.5 Å². The molecule has 1 aromatic heterocycles. The van der Waals surface area contributed by atoms with Crippen LogP contribution in [-0.4, -0.2) is 53.4 Å². The molecule has 4 heteroatoms. The van der Waals surface area contributed by atoms with Crippen LogP contribution in [0.4, 0.5) is 0 Å². The number of piperidine rings is 1. The summed E-state index contributed by atoms with van der Waals surface area (Å²) in [6, 6.07) is 4.08. The average molecular weight is 287 g/mol. The fraction of sp³-hybridized carbons (Fsp3) is 0.647. The van der Waals surface area contributed by atoms with Gasteiger partial charge in [-0.05, 0) is 50.5 Å². The molecule has 0 radical (unpaired) electrons. The van der Waals surface area contributed by atoms with Crippen molar-refractivity contribution in [3.8, 4) is 0 Å². The molecule has 114 valence electrons. The van der Waals surface area contributed by atoms with E-state index in [0.717, 1.165) is 26.1 Å². The van der Waals surface area contributed by atoms with Gasteiger partial charge >= 0.3 is 0 Å². The fourth-order valence-corrected chi connectivity index (χ4v) is 3.31. The molecular formula is C17H25N3O. The third kappa shape index (κ3) is 3.82. The lowest BCUT2D eigenvalue weighted by Crippen LogP contribution is -2.48. The summed E-state index contributed by atoms with van der Waals surface area (Å²) in [4.78, 5) is 20.8. The van der Waals surface area contributed by atoms with Crippen LogP contribution in [0.2, 0.25) is 0 Å². The molecule has 2 fully saturated rings. The summed E-state index contributed by atoms with van der Waals surface area (Å²) in [5.41, 5.74) is 1.26. The summed E-state index contributed by atoms with van der Waals surface area (Å²) < 4.78 is 0. The van der Waals surface area contributed by atoms with E-state index in [4.69, 9.17) is 0 Å². The van der Waals surface area contributed by atoms with Crippen LogP contribution in [0.1, 0.15) is 43.6 Å². The van der Waals surface area contributed by atoms with Crippen molar-refractivity contribution in [2.45, 2.75) is 38.0 Å². The Bertz CT molecular complexity index is 450. The molecule has 4 nitrogen and oxygen atoms in total. The first kappa shape index (κ1) is 14.5. The van der Waals surface area contributed by atoms with Crippen LogP contribution in [0.5, 0.6) is 0 Å². The number of pyridine rings is 1. The molecule has 3 rings (SSSR count). The molecule has 2 aliphatic heterocycles. The van der Waals surface area contributed by atoms with E-state index >= 15 is 0 Å². The maximum Gasteiger partial charge on any atom is 0.222 e. The highest BCUT2D eigenvalue weighted by atomic mass is 16.2. The molecule has 2 saturated heterocycles. The van der Waals surface area contributed by atoms with Gasteiger partial charge in [-0.25, -0.2) is 0 Å². The largest absolute Gasteiger partial charge is 0.341 e. The Morgan fingerprint density at radius 1 is 1.24 bits per heavy atom. The third-order valence-corrected chi connectivity index (χ3v) is 4.70. The van der Waals surface area contributed by atoms with Crippen molar-refractivity contribution in [3.63, 3.8) is 0 Å². The zero-order valence-electron chi connectivity index (χ0n) is 12.7. The van der Waals surface area contributed by atoms with Crippen LogP contribution in [-0.2, 0) is 4.79 Å². The molecule has 0 N–H and O–H groups in total. The van der Waals surface area contributed by atoms with Crippen molar-refractivity contribution in [2.24, 2.45) is 0 Å². The quantitative estimate of drug-likeness (QED) is 0.833. The van der Waals surface area contributed by atoms with E-state index in [1.807, 2.05) is 17.2 Å². The number of likely N-dealkylation sites (tertiary alicyclic amines) is 2. The number of carbonyl (C=O) groups is 1. The van der Waals surface area contributed by atoms with Gasteiger partial charge in [0, 0.05) is 37.8 Å². The van der Waals surface area contributed by atoms with Crippen molar-refractivity contribution < 1.29 is 4.79 Å². The second-order valence-corrected chi connectivity index (χ2v) is 6.29. The van der Waals surface area contributed by atoms with Gasteiger partial charge in [0.25, 0.3) is 0 Å². The molecule has 0 aromatic carbocycles. The fourth-order valence-electron chi connectivity index (χ4n) is 3.31. The molecule has 0 unspecified atom stereocenters. The third-order valence-electron chi connectivity index (χ3n) is 4.70. The highest BCUT2D eigenvalue weighted by Crippen LogP contribution is 2.26. The first-order chi connectivity index (χ1) is 10.3. The number of hydrogen-bond acceptors (Lipinski definition) is 3. The van der Waals surface area contributed by atoms with Gasteiger partial charge in [-0.2, -0.15) is 0 Å². The molecule has 1 aromatic rings. The van der Waals surface area contributed by atoms with Crippen LogP contribution >= 0.6 is 0 Å². The zero-order valence-corrected chi connectivity index (χ0v) is 12.7.